The van der Waals surface area contributed by atoms with E-state index in [9.17, 15) is 9.59 Å². The third-order valence-electron chi connectivity index (χ3n) is 3.44. The lowest BCUT2D eigenvalue weighted by molar-refractivity contribution is -0.130. The van der Waals surface area contributed by atoms with E-state index in [0.29, 0.717) is 44.2 Å². The molecule has 1 aromatic rings. The molecule has 0 aromatic heterocycles. The first kappa shape index (κ1) is 15.2. The van der Waals surface area contributed by atoms with Gasteiger partial charge in [-0.2, -0.15) is 0 Å². The van der Waals surface area contributed by atoms with Crippen molar-refractivity contribution >= 4 is 17.6 Å². The van der Waals surface area contributed by atoms with Gasteiger partial charge < -0.3 is 19.9 Å². The molecule has 0 radical (unpaired) electrons. The van der Waals surface area contributed by atoms with Crippen LogP contribution in [0.4, 0.5) is 10.5 Å². The minimum absolute atomic E-state index is 0.0525. The summed E-state index contributed by atoms with van der Waals surface area (Å²) in [4.78, 5) is 27.0. The molecule has 1 N–H and O–H groups in total. The van der Waals surface area contributed by atoms with Gasteiger partial charge in [0, 0.05) is 33.1 Å². The Hall–Kier alpha value is -2.24. The van der Waals surface area contributed by atoms with Crippen molar-refractivity contribution in [3.63, 3.8) is 0 Å². The third kappa shape index (κ3) is 3.87. The highest BCUT2D eigenvalue weighted by atomic mass is 16.5. The van der Waals surface area contributed by atoms with Crippen molar-refractivity contribution in [3.8, 4) is 5.75 Å². The molecular weight excluding hydrogens is 270 g/mol. The van der Waals surface area contributed by atoms with Gasteiger partial charge in [0.1, 0.15) is 5.75 Å². The lowest BCUT2D eigenvalue weighted by atomic mass is 10.3. The number of urea groups is 1. The van der Waals surface area contributed by atoms with E-state index in [1.54, 1.807) is 16.7 Å². The lowest BCUT2D eigenvalue weighted by Crippen LogP contribution is -2.51. The Bertz CT molecular complexity index is 511. The number of para-hydroxylation sites is 2. The molecule has 6 nitrogen and oxygen atoms in total. The fourth-order valence-corrected chi connectivity index (χ4v) is 2.27. The van der Waals surface area contributed by atoms with Crippen LogP contribution < -0.4 is 10.1 Å². The van der Waals surface area contributed by atoms with Crippen molar-refractivity contribution in [2.75, 3.05) is 38.1 Å². The Kier molecular flexibility index (Phi) is 5.03. The van der Waals surface area contributed by atoms with Crippen LogP contribution in [-0.4, -0.2) is 54.5 Å². The first-order valence-corrected chi connectivity index (χ1v) is 7.15. The summed E-state index contributed by atoms with van der Waals surface area (Å²) in [5.74, 6) is 0.715. The van der Waals surface area contributed by atoms with Crippen molar-refractivity contribution in [2.24, 2.45) is 0 Å². The molecule has 1 fully saturated rings. The van der Waals surface area contributed by atoms with Gasteiger partial charge in [-0.05, 0) is 19.1 Å². The van der Waals surface area contributed by atoms with Crippen LogP contribution >= 0.6 is 0 Å². The molecule has 3 amide bonds. The molecular formula is C15H21N3O3. The van der Waals surface area contributed by atoms with Gasteiger partial charge in [0.2, 0.25) is 5.91 Å². The standard InChI is InChI=1S/C15H21N3O3/c1-3-21-14-7-5-4-6-13(14)16-15(20)18-10-8-17(9-11-18)12(2)19/h4-7H,3,8-11H2,1-2H3,(H,16,20). The SMILES string of the molecule is CCOc1ccccc1NC(=O)N1CCN(C(C)=O)CC1. The molecule has 0 aliphatic carbocycles. The van der Waals surface area contributed by atoms with Crippen LogP contribution in [0.3, 0.4) is 0 Å². The quantitative estimate of drug-likeness (QED) is 0.923. The average Bonchev–Trinajstić information content (AvgIpc) is 2.49. The molecule has 1 aliphatic heterocycles. The Morgan fingerprint density at radius 2 is 1.76 bits per heavy atom. The number of benzene rings is 1. The van der Waals surface area contributed by atoms with Crippen molar-refractivity contribution in [2.45, 2.75) is 13.8 Å². The van der Waals surface area contributed by atoms with Crippen molar-refractivity contribution in [3.05, 3.63) is 24.3 Å². The highest BCUT2D eigenvalue weighted by Crippen LogP contribution is 2.24. The zero-order chi connectivity index (χ0) is 15.2. The summed E-state index contributed by atoms with van der Waals surface area (Å²) in [6, 6.07) is 7.20. The topological polar surface area (TPSA) is 61.9 Å². The number of anilines is 1. The Labute approximate surface area is 124 Å². The normalized spacial score (nSPS) is 14.8. The van der Waals surface area contributed by atoms with E-state index in [4.69, 9.17) is 4.74 Å². The predicted octanol–water partition coefficient (Wildman–Crippen LogP) is 1.78. The van der Waals surface area contributed by atoms with Gasteiger partial charge in [-0.15, -0.1) is 0 Å². The first-order valence-electron chi connectivity index (χ1n) is 7.15. The monoisotopic (exact) mass is 291 g/mol. The zero-order valence-corrected chi connectivity index (χ0v) is 12.5. The van der Waals surface area contributed by atoms with E-state index >= 15 is 0 Å². The van der Waals surface area contributed by atoms with Gasteiger partial charge in [-0.1, -0.05) is 12.1 Å². The summed E-state index contributed by atoms with van der Waals surface area (Å²) < 4.78 is 5.49. The largest absolute Gasteiger partial charge is 0.492 e. The summed E-state index contributed by atoms with van der Waals surface area (Å²) in [5.41, 5.74) is 0.665. The number of carbonyl (C=O) groups excluding carboxylic acids is 2. The highest BCUT2D eigenvalue weighted by molar-refractivity contribution is 5.91. The van der Waals surface area contributed by atoms with Gasteiger partial charge in [0.25, 0.3) is 0 Å². The minimum atomic E-state index is -0.162. The Morgan fingerprint density at radius 3 is 2.38 bits per heavy atom. The van der Waals surface area contributed by atoms with Gasteiger partial charge >= 0.3 is 6.03 Å². The number of nitrogens with one attached hydrogen (secondary N) is 1. The second-order valence-corrected chi connectivity index (χ2v) is 4.85. The maximum atomic E-state index is 12.3. The molecule has 2 rings (SSSR count). The van der Waals surface area contributed by atoms with Gasteiger partial charge in [0.05, 0.1) is 12.3 Å². The van der Waals surface area contributed by atoms with Crippen molar-refractivity contribution in [1.29, 1.82) is 0 Å². The number of rotatable bonds is 3. The Morgan fingerprint density at radius 1 is 1.14 bits per heavy atom. The van der Waals surface area contributed by atoms with Crippen LogP contribution in [0.5, 0.6) is 5.75 Å². The summed E-state index contributed by atoms with van der Waals surface area (Å²) in [5, 5.41) is 2.87. The van der Waals surface area contributed by atoms with E-state index in [1.165, 1.54) is 0 Å². The zero-order valence-electron chi connectivity index (χ0n) is 12.5. The summed E-state index contributed by atoms with van der Waals surface area (Å²) in [6.07, 6.45) is 0. The van der Waals surface area contributed by atoms with Crippen LogP contribution in [0.15, 0.2) is 24.3 Å². The number of ether oxygens (including phenoxy) is 1. The minimum Gasteiger partial charge on any atom is -0.492 e. The molecule has 21 heavy (non-hydrogen) atoms. The van der Waals surface area contributed by atoms with E-state index in [-0.39, 0.29) is 11.9 Å². The summed E-state index contributed by atoms with van der Waals surface area (Å²) >= 11 is 0. The van der Waals surface area contributed by atoms with Crippen LogP contribution in [0.25, 0.3) is 0 Å². The van der Waals surface area contributed by atoms with Crippen LogP contribution in [0, 0.1) is 0 Å². The third-order valence-corrected chi connectivity index (χ3v) is 3.44. The van der Waals surface area contributed by atoms with Crippen LogP contribution in [0.1, 0.15) is 13.8 Å². The molecule has 0 atom stereocenters. The summed E-state index contributed by atoms with van der Waals surface area (Å²) in [7, 11) is 0. The van der Waals surface area contributed by atoms with Gasteiger partial charge in [-0.25, -0.2) is 4.79 Å². The second kappa shape index (κ2) is 6.97. The van der Waals surface area contributed by atoms with E-state index in [1.807, 2.05) is 31.2 Å². The number of amides is 3. The molecule has 6 heteroatoms. The fourth-order valence-electron chi connectivity index (χ4n) is 2.27. The molecule has 1 aliphatic rings. The molecule has 0 unspecified atom stereocenters. The molecule has 0 bridgehead atoms. The number of carbonyl (C=O) groups is 2. The maximum Gasteiger partial charge on any atom is 0.322 e. The molecule has 114 valence electrons. The lowest BCUT2D eigenvalue weighted by Gasteiger charge is -2.34. The van der Waals surface area contributed by atoms with Gasteiger partial charge in [0.15, 0.2) is 0 Å². The van der Waals surface area contributed by atoms with E-state index in [0.717, 1.165) is 0 Å². The highest BCUT2D eigenvalue weighted by Gasteiger charge is 2.22. The number of hydrogen-bond acceptors (Lipinski definition) is 3. The molecule has 1 heterocycles. The average molecular weight is 291 g/mol. The first-order chi connectivity index (χ1) is 10.1. The van der Waals surface area contributed by atoms with Crippen LogP contribution in [-0.2, 0) is 4.79 Å². The maximum absolute atomic E-state index is 12.3. The molecule has 1 saturated heterocycles. The molecule has 1 aromatic carbocycles. The van der Waals surface area contributed by atoms with E-state index in [2.05, 4.69) is 5.32 Å². The number of piperazine rings is 1. The predicted molar refractivity (Wildman–Crippen MR) is 80.5 cm³/mol. The molecule has 0 saturated carbocycles. The molecule has 0 spiro atoms. The van der Waals surface area contributed by atoms with Crippen LogP contribution in [0.2, 0.25) is 0 Å². The number of hydrogen-bond donors (Lipinski definition) is 1. The van der Waals surface area contributed by atoms with Gasteiger partial charge in [-0.3, -0.25) is 4.79 Å². The smallest absolute Gasteiger partial charge is 0.322 e. The van der Waals surface area contributed by atoms with Crippen molar-refractivity contribution < 1.29 is 14.3 Å². The van der Waals surface area contributed by atoms with E-state index < -0.39 is 0 Å². The fraction of sp³-hybridized carbons (Fsp3) is 0.467. The second-order valence-electron chi connectivity index (χ2n) is 4.85. The Balaban J connectivity index is 1.95. The number of nitrogens with zero attached hydrogens (tertiary/aromatic N) is 2. The summed E-state index contributed by atoms with van der Waals surface area (Å²) in [6.45, 7) is 6.24. The van der Waals surface area contributed by atoms with Crippen molar-refractivity contribution in [1.82, 2.24) is 9.80 Å².